The minimum Gasteiger partial charge on any atom is -0.497 e. The summed E-state index contributed by atoms with van der Waals surface area (Å²) in [6.07, 6.45) is 2.38. The van der Waals surface area contributed by atoms with E-state index < -0.39 is 0 Å². The second-order valence-corrected chi connectivity index (χ2v) is 7.02. The largest absolute Gasteiger partial charge is 0.497 e. The van der Waals surface area contributed by atoms with Crippen LogP contribution < -0.4 is 9.47 Å². The molecule has 1 unspecified atom stereocenters. The summed E-state index contributed by atoms with van der Waals surface area (Å²) in [6, 6.07) is 12.3. The van der Waals surface area contributed by atoms with Crippen LogP contribution in [-0.2, 0) is 11.2 Å². The molecule has 4 heteroatoms. The van der Waals surface area contributed by atoms with E-state index in [1.54, 1.807) is 14.2 Å². The maximum absolute atomic E-state index is 13.1. The molecule has 0 saturated carbocycles. The molecule has 1 atom stereocenters. The van der Waals surface area contributed by atoms with Gasteiger partial charge >= 0.3 is 0 Å². The molecule has 0 radical (unpaired) electrons. The molecule has 0 spiro atoms. The van der Waals surface area contributed by atoms with Crippen molar-refractivity contribution < 1.29 is 14.3 Å². The molecule has 1 heterocycles. The summed E-state index contributed by atoms with van der Waals surface area (Å²) in [7, 11) is 3.26. The Bertz CT molecular complexity index is 780. The molecule has 1 fully saturated rings. The summed E-state index contributed by atoms with van der Waals surface area (Å²) in [4.78, 5) is 15.1. The molecule has 4 nitrogen and oxygen atoms in total. The van der Waals surface area contributed by atoms with E-state index in [4.69, 9.17) is 9.47 Å². The number of hydrogen-bond donors (Lipinski definition) is 0. The van der Waals surface area contributed by atoms with E-state index in [0.29, 0.717) is 6.42 Å². The molecule has 0 bridgehead atoms. The fourth-order valence-electron chi connectivity index (χ4n) is 3.90. The highest BCUT2D eigenvalue weighted by molar-refractivity contribution is 5.80. The lowest BCUT2D eigenvalue weighted by molar-refractivity contribution is -0.131. The third kappa shape index (κ3) is 3.85. The van der Waals surface area contributed by atoms with E-state index in [1.807, 2.05) is 23.1 Å². The second-order valence-electron chi connectivity index (χ2n) is 7.02. The van der Waals surface area contributed by atoms with Gasteiger partial charge in [0.1, 0.15) is 11.5 Å². The Morgan fingerprint density at radius 1 is 1.08 bits per heavy atom. The van der Waals surface area contributed by atoms with E-state index in [9.17, 15) is 4.79 Å². The lowest BCUT2D eigenvalue weighted by Gasteiger charge is -2.26. The van der Waals surface area contributed by atoms with Crippen LogP contribution in [0.1, 0.15) is 41.1 Å². The highest BCUT2D eigenvalue weighted by Crippen LogP contribution is 2.34. The van der Waals surface area contributed by atoms with Crippen molar-refractivity contribution in [3.63, 3.8) is 0 Å². The van der Waals surface area contributed by atoms with Crippen molar-refractivity contribution >= 4 is 5.91 Å². The zero-order chi connectivity index (χ0) is 18.7. The number of rotatable bonds is 5. The highest BCUT2D eigenvalue weighted by Gasteiger charge is 2.30. The molecular formula is C22H27NO3. The standard InChI is InChI=1S/C22H27NO3/c1-15-10-16(2)12-17(11-15)20-6-5-9-23(20)22(24)14-18-13-19(25-3)7-8-21(18)26-4/h7-8,10-13,20H,5-6,9,14H2,1-4H3. The predicted octanol–water partition coefficient (Wildman–Crippen LogP) is 4.23. The molecule has 3 rings (SSSR count). The van der Waals surface area contributed by atoms with Gasteiger partial charge in [0, 0.05) is 12.1 Å². The maximum atomic E-state index is 13.1. The first-order valence-electron chi connectivity index (χ1n) is 9.10. The number of amides is 1. The number of nitrogens with zero attached hydrogens (tertiary/aromatic N) is 1. The van der Waals surface area contributed by atoms with Crippen LogP contribution in [0, 0.1) is 13.8 Å². The molecule has 1 aliphatic heterocycles. The first-order chi connectivity index (χ1) is 12.5. The average molecular weight is 353 g/mol. The highest BCUT2D eigenvalue weighted by atomic mass is 16.5. The molecule has 0 N–H and O–H groups in total. The van der Waals surface area contributed by atoms with Gasteiger partial charge in [0.05, 0.1) is 26.7 Å². The third-order valence-corrected chi connectivity index (χ3v) is 5.03. The Morgan fingerprint density at radius 2 is 1.81 bits per heavy atom. The van der Waals surface area contributed by atoms with Crippen molar-refractivity contribution in [2.75, 3.05) is 20.8 Å². The zero-order valence-corrected chi connectivity index (χ0v) is 16.0. The van der Waals surface area contributed by atoms with E-state index in [2.05, 4.69) is 32.0 Å². The van der Waals surface area contributed by atoms with Gasteiger partial charge in [-0.2, -0.15) is 0 Å². The van der Waals surface area contributed by atoms with Gasteiger partial charge in [-0.1, -0.05) is 29.3 Å². The minimum atomic E-state index is 0.137. The van der Waals surface area contributed by atoms with Gasteiger partial charge in [-0.3, -0.25) is 4.79 Å². The molecule has 26 heavy (non-hydrogen) atoms. The number of carbonyl (C=O) groups is 1. The van der Waals surface area contributed by atoms with Crippen LogP contribution in [0.25, 0.3) is 0 Å². The number of methoxy groups -OCH3 is 2. The zero-order valence-electron chi connectivity index (χ0n) is 16.0. The van der Waals surface area contributed by atoms with Crippen molar-refractivity contribution in [3.8, 4) is 11.5 Å². The van der Waals surface area contributed by atoms with Crippen molar-refractivity contribution in [2.24, 2.45) is 0 Å². The normalized spacial score (nSPS) is 16.6. The maximum Gasteiger partial charge on any atom is 0.227 e. The van der Waals surface area contributed by atoms with Gasteiger partial charge < -0.3 is 14.4 Å². The van der Waals surface area contributed by atoms with E-state index in [1.165, 1.54) is 16.7 Å². The predicted molar refractivity (Wildman–Crippen MR) is 103 cm³/mol. The summed E-state index contributed by atoms with van der Waals surface area (Å²) in [5.74, 6) is 1.60. The molecule has 1 aliphatic rings. The molecule has 2 aromatic carbocycles. The lowest BCUT2D eigenvalue weighted by Crippen LogP contribution is -2.32. The minimum absolute atomic E-state index is 0.137. The van der Waals surface area contributed by atoms with Gasteiger partial charge in [0.25, 0.3) is 0 Å². The van der Waals surface area contributed by atoms with Crippen LogP contribution in [0.15, 0.2) is 36.4 Å². The third-order valence-electron chi connectivity index (χ3n) is 5.03. The summed E-state index contributed by atoms with van der Waals surface area (Å²) in [5, 5.41) is 0. The van der Waals surface area contributed by atoms with Gasteiger partial charge in [0.2, 0.25) is 5.91 Å². The number of benzene rings is 2. The summed E-state index contributed by atoms with van der Waals surface area (Å²) in [6.45, 7) is 5.03. The molecule has 138 valence electrons. The Kier molecular flexibility index (Phi) is 5.50. The van der Waals surface area contributed by atoms with E-state index in [-0.39, 0.29) is 11.9 Å². The topological polar surface area (TPSA) is 38.8 Å². The smallest absolute Gasteiger partial charge is 0.227 e. The first-order valence-corrected chi connectivity index (χ1v) is 9.10. The number of likely N-dealkylation sites (tertiary alicyclic amines) is 1. The monoisotopic (exact) mass is 353 g/mol. The van der Waals surface area contributed by atoms with E-state index in [0.717, 1.165) is 36.4 Å². The summed E-state index contributed by atoms with van der Waals surface area (Å²) >= 11 is 0. The molecule has 0 aromatic heterocycles. The number of aryl methyl sites for hydroxylation is 2. The van der Waals surface area contributed by atoms with Crippen LogP contribution in [0.3, 0.4) is 0 Å². The fraction of sp³-hybridized carbons (Fsp3) is 0.409. The van der Waals surface area contributed by atoms with Crippen molar-refractivity contribution in [1.29, 1.82) is 0 Å². The van der Waals surface area contributed by atoms with Crippen molar-refractivity contribution in [1.82, 2.24) is 4.90 Å². The first kappa shape index (κ1) is 18.3. The van der Waals surface area contributed by atoms with E-state index >= 15 is 0 Å². The van der Waals surface area contributed by atoms with Gasteiger partial charge in [0.15, 0.2) is 0 Å². The Labute approximate surface area is 155 Å². The Morgan fingerprint density at radius 3 is 2.46 bits per heavy atom. The lowest BCUT2D eigenvalue weighted by atomic mass is 9.99. The van der Waals surface area contributed by atoms with Crippen LogP contribution in [-0.4, -0.2) is 31.6 Å². The number of ether oxygens (including phenoxy) is 2. The van der Waals surface area contributed by atoms with Crippen LogP contribution in [0.2, 0.25) is 0 Å². The number of hydrogen-bond acceptors (Lipinski definition) is 3. The van der Waals surface area contributed by atoms with Crippen LogP contribution >= 0.6 is 0 Å². The average Bonchev–Trinajstić information content (AvgIpc) is 3.10. The molecule has 1 saturated heterocycles. The fourth-order valence-corrected chi connectivity index (χ4v) is 3.90. The van der Waals surface area contributed by atoms with Crippen LogP contribution in [0.4, 0.5) is 0 Å². The van der Waals surface area contributed by atoms with Gasteiger partial charge in [-0.05, 0) is 50.5 Å². The van der Waals surface area contributed by atoms with Crippen LogP contribution in [0.5, 0.6) is 11.5 Å². The summed E-state index contributed by atoms with van der Waals surface area (Å²) in [5.41, 5.74) is 4.59. The molecule has 2 aromatic rings. The molecule has 1 amide bonds. The molecule has 0 aliphatic carbocycles. The Hall–Kier alpha value is -2.49. The van der Waals surface area contributed by atoms with Gasteiger partial charge in [-0.25, -0.2) is 0 Å². The van der Waals surface area contributed by atoms with Gasteiger partial charge in [-0.15, -0.1) is 0 Å². The molecular weight excluding hydrogens is 326 g/mol. The quantitative estimate of drug-likeness (QED) is 0.807. The Balaban J connectivity index is 1.83. The summed E-state index contributed by atoms with van der Waals surface area (Å²) < 4.78 is 10.7. The van der Waals surface area contributed by atoms with Crippen molar-refractivity contribution in [2.45, 2.75) is 39.2 Å². The second kappa shape index (κ2) is 7.81. The SMILES string of the molecule is COc1ccc(OC)c(CC(=O)N2CCCC2c2cc(C)cc(C)c2)c1. The number of carbonyl (C=O) groups excluding carboxylic acids is 1. The van der Waals surface area contributed by atoms with Crippen molar-refractivity contribution in [3.05, 3.63) is 58.7 Å².